The normalized spacial score (nSPS) is 12.2. The molecule has 3 rings (SSSR count). The summed E-state index contributed by atoms with van der Waals surface area (Å²) in [7, 11) is 1.52. The number of imidazole rings is 1. The Morgan fingerprint density at radius 1 is 0.667 bits per heavy atom. The van der Waals surface area contributed by atoms with Crippen molar-refractivity contribution >= 4 is 35.9 Å². The van der Waals surface area contributed by atoms with Gasteiger partial charge in [0, 0.05) is 56.7 Å². The molecule has 0 bridgehead atoms. The minimum atomic E-state index is -5.17. The summed E-state index contributed by atoms with van der Waals surface area (Å²) < 4.78 is 70.4. The van der Waals surface area contributed by atoms with E-state index in [1.54, 1.807) is 111 Å². The number of hydrogen-bond acceptors (Lipinski definition) is 11. The average Bonchev–Trinajstić information content (AvgIpc) is 3.53. The summed E-state index contributed by atoms with van der Waals surface area (Å²) in [4.78, 5) is 55.4. The van der Waals surface area contributed by atoms with Crippen LogP contribution < -0.4 is 20.4 Å². The quantitative estimate of drug-likeness (QED) is 0.0598. The molecule has 3 aromatic rings. The number of carbonyl (C=O) groups is 4. The summed E-state index contributed by atoms with van der Waals surface area (Å²) in [6.45, 7) is 16.0. The number of carbonyl (C=O) groups excluding carboxylic acids is 4. The van der Waals surface area contributed by atoms with E-state index in [4.69, 9.17) is 34.5 Å². The number of alkyl carbamates (subject to hydrolysis) is 1. The van der Waals surface area contributed by atoms with Gasteiger partial charge in [-0.1, -0.05) is 0 Å². The number of likely N-dealkylation sites (N-methyl/N-ethyl adjacent to an activating group) is 1. The predicted molar refractivity (Wildman–Crippen MR) is 227 cm³/mol. The third-order valence-corrected chi connectivity index (χ3v) is 8.15. The summed E-state index contributed by atoms with van der Waals surface area (Å²) in [6, 6.07) is 12.7. The molecule has 0 saturated carbocycles. The molecule has 1 aromatic heterocycles. The van der Waals surface area contributed by atoms with E-state index in [-0.39, 0.29) is 56.7 Å². The van der Waals surface area contributed by atoms with Gasteiger partial charge in [-0.3, -0.25) is 25.8 Å². The number of alkyl halides is 3. The van der Waals surface area contributed by atoms with Crippen LogP contribution in [-0.4, -0.2) is 111 Å². The zero-order chi connectivity index (χ0) is 47.3. The van der Waals surface area contributed by atoms with Crippen LogP contribution in [0.25, 0.3) is 0 Å². The molecule has 2 aromatic carbocycles. The van der Waals surface area contributed by atoms with Gasteiger partial charge in [0.2, 0.25) is 5.62 Å². The molecule has 0 aliphatic heterocycles. The van der Waals surface area contributed by atoms with Crippen molar-refractivity contribution in [2.45, 2.75) is 111 Å². The van der Waals surface area contributed by atoms with Crippen molar-refractivity contribution in [3.05, 3.63) is 77.7 Å². The van der Waals surface area contributed by atoms with E-state index in [2.05, 4.69) is 10.3 Å². The number of nitrogens with one attached hydrogen (secondary N) is 3. The summed E-state index contributed by atoms with van der Waals surface area (Å²) in [6.07, 6.45) is -3.60. The highest BCUT2D eigenvalue weighted by atomic mass is 19.4. The number of amidine groups is 2. The fourth-order valence-electron chi connectivity index (χ4n) is 5.29. The fourth-order valence-corrected chi connectivity index (χ4v) is 5.29. The number of aromatic nitrogens is 2. The third kappa shape index (κ3) is 17.9. The number of benzene rings is 2. The number of rotatable bonds is 15. The second kappa shape index (κ2) is 21.6. The Balaban J connectivity index is 1.60. The number of hydrogen-bond donors (Lipinski definition) is 3. The summed E-state index contributed by atoms with van der Waals surface area (Å²) in [5, 5.41) is 19.3. The molecule has 346 valence electrons. The van der Waals surface area contributed by atoms with Gasteiger partial charge in [-0.15, -0.1) is 0 Å². The molecule has 0 radical (unpaired) electrons. The maximum atomic E-state index is 13.3. The molecule has 4 amide bonds. The minimum Gasteiger partial charge on any atom is -0.494 e. The van der Waals surface area contributed by atoms with Crippen molar-refractivity contribution in [3.8, 4) is 11.5 Å². The highest BCUT2D eigenvalue weighted by molar-refractivity contribution is 6.05. The van der Waals surface area contributed by atoms with Crippen LogP contribution in [0.5, 0.6) is 11.5 Å². The van der Waals surface area contributed by atoms with Crippen LogP contribution in [0, 0.1) is 10.8 Å². The van der Waals surface area contributed by atoms with E-state index >= 15 is 0 Å². The molecule has 1 heterocycles. The topological polar surface area (TPSA) is 203 Å². The standard InChI is InChI=1S/C43H59F3N8O9/c1-40(2,3)61-37(56)49-33(47)29-13-17-31(18-14-29)59-27-11-21-52-24-25-53(36(52)50-35(55)43(44,45)46)22-12-28-60-32-19-15-30(16-20-32)34(48)54(39(58)63-42(7,8)9)26-23-51(10)38(57)62-41(4,5)6/h13-20,24-25,48H,11-12,21-23,26-28H2,1-10H3,(H2,47,49,56). The zero-order valence-electron chi connectivity index (χ0n) is 37.5. The van der Waals surface area contributed by atoms with Crippen LogP contribution in [0.4, 0.5) is 27.6 Å². The van der Waals surface area contributed by atoms with E-state index in [9.17, 15) is 32.3 Å². The van der Waals surface area contributed by atoms with Gasteiger partial charge in [-0.2, -0.15) is 18.2 Å². The largest absolute Gasteiger partial charge is 0.494 e. The van der Waals surface area contributed by atoms with Crippen LogP contribution in [0.3, 0.4) is 0 Å². The molecule has 0 aliphatic rings. The van der Waals surface area contributed by atoms with Crippen molar-refractivity contribution in [2.24, 2.45) is 4.99 Å². The lowest BCUT2D eigenvalue weighted by Crippen LogP contribution is -2.45. The van der Waals surface area contributed by atoms with E-state index < -0.39 is 47.2 Å². The van der Waals surface area contributed by atoms with E-state index in [1.165, 1.54) is 33.5 Å². The maximum absolute atomic E-state index is 13.3. The Kier molecular flexibility index (Phi) is 17.5. The third-order valence-electron chi connectivity index (χ3n) is 8.15. The van der Waals surface area contributed by atoms with Gasteiger partial charge in [0.25, 0.3) is 0 Å². The molecule has 0 atom stereocenters. The molecule has 0 spiro atoms. The number of halogens is 3. The maximum Gasteiger partial charge on any atom is 0.473 e. The lowest BCUT2D eigenvalue weighted by atomic mass is 10.1. The Morgan fingerprint density at radius 3 is 1.56 bits per heavy atom. The van der Waals surface area contributed by atoms with Gasteiger partial charge < -0.3 is 37.7 Å². The summed E-state index contributed by atoms with van der Waals surface area (Å²) >= 11 is 0. The van der Waals surface area contributed by atoms with Crippen molar-refractivity contribution in [3.63, 3.8) is 0 Å². The molecule has 0 fully saturated rings. The van der Waals surface area contributed by atoms with Gasteiger partial charge in [0.15, 0.2) is 0 Å². The molecule has 0 saturated heterocycles. The van der Waals surface area contributed by atoms with Crippen LogP contribution in [0.1, 0.15) is 86.3 Å². The van der Waals surface area contributed by atoms with Gasteiger partial charge in [-0.05, 0) is 124 Å². The van der Waals surface area contributed by atoms with Crippen molar-refractivity contribution < 1.29 is 56.0 Å². The van der Waals surface area contributed by atoms with Crippen molar-refractivity contribution in [2.75, 3.05) is 33.4 Å². The molecule has 63 heavy (non-hydrogen) atoms. The molecular weight excluding hydrogens is 830 g/mol. The second-order valence-corrected chi connectivity index (χ2v) is 17.2. The molecule has 0 unspecified atom stereocenters. The first-order valence-corrected chi connectivity index (χ1v) is 20.1. The number of ether oxygens (including phenoxy) is 5. The Bertz CT molecular complexity index is 2130. The second-order valence-electron chi connectivity index (χ2n) is 17.2. The SMILES string of the molecule is CN(CCN(C(=N)c1ccc(OCCCn2ccn(CCCOc3ccc(C(=N)NC(=O)OC(C)(C)C)cc3)c2=NC(=O)C(F)(F)F)cc1)C(=O)OC(C)(C)C)C(=O)OC(C)(C)C. The van der Waals surface area contributed by atoms with Crippen molar-refractivity contribution in [1.29, 1.82) is 10.8 Å². The van der Waals surface area contributed by atoms with Crippen LogP contribution in [-0.2, 0) is 32.1 Å². The lowest BCUT2D eigenvalue weighted by molar-refractivity contribution is -0.169. The highest BCUT2D eigenvalue weighted by Gasteiger charge is 2.39. The first-order valence-electron chi connectivity index (χ1n) is 20.1. The average molecular weight is 889 g/mol. The van der Waals surface area contributed by atoms with Crippen LogP contribution >= 0.6 is 0 Å². The number of aryl methyl sites for hydroxylation is 2. The highest BCUT2D eigenvalue weighted by Crippen LogP contribution is 2.19. The number of amides is 4. The predicted octanol–water partition coefficient (Wildman–Crippen LogP) is 7.50. The van der Waals surface area contributed by atoms with Gasteiger partial charge in [0.1, 0.15) is 40.0 Å². The van der Waals surface area contributed by atoms with Gasteiger partial charge in [0.05, 0.1) is 13.2 Å². The molecule has 0 aliphatic carbocycles. The summed E-state index contributed by atoms with van der Waals surface area (Å²) in [5.74, 6) is -1.71. The lowest BCUT2D eigenvalue weighted by Gasteiger charge is -2.30. The van der Waals surface area contributed by atoms with E-state index in [0.29, 0.717) is 35.5 Å². The Labute approximate surface area is 365 Å². The first-order chi connectivity index (χ1) is 29.1. The van der Waals surface area contributed by atoms with Crippen LogP contribution in [0.15, 0.2) is 65.9 Å². The Hall–Kier alpha value is -6.34. The summed E-state index contributed by atoms with van der Waals surface area (Å²) in [5.41, 5.74) is -1.72. The first kappa shape index (κ1) is 51.0. The zero-order valence-corrected chi connectivity index (χ0v) is 37.5. The molecule has 17 nitrogen and oxygen atoms in total. The van der Waals surface area contributed by atoms with Gasteiger partial charge >= 0.3 is 30.4 Å². The minimum absolute atomic E-state index is 0.0517. The molecular formula is C43H59F3N8O9. The molecule has 20 heteroatoms. The van der Waals surface area contributed by atoms with Crippen LogP contribution in [0.2, 0.25) is 0 Å². The van der Waals surface area contributed by atoms with Gasteiger partial charge in [-0.25, -0.2) is 14.4 Å². The fraction of sp³-hybridized carbons (Fsp3) is 0.512. The van der Waals surface area contributed by atoms with Crippen molar-refractivity contribution in [1.82, 2.24) is 24.3 Å². The Morgan fingerprint density at radius 2 is 1.11 bits per heavy atom. The van der Waals surface area contributed by atoms with E-state index in [0.717, 1.165) is 4.90 Å². The van der Waals surface area contributed by atoms with E-state index in [1.807, 2.05) is 0 Å². The molecule has 3 N–H and O–H groups in total. The smallest absolute Gasteiger partial charge is 0.473 e. The number of nitrogens with zero attached hydrogens (tertiary/aromatic N) is 5. The monoisotopic (exact) mass is 888 g/mol.